The molecule has 0 radical (unpaired) electrons. The van der Waals surface area contributed by atoms with Gasteiger partial charge in [-0.3, -0.25) is 23.6 Å². The van der Waals surface area contributed by atoms with Gasteiger partial charge in [-0.25, -0.2) is 4.79 Å². The first-order valence-electron chi connectivity index (χ1n) is 21.7. The van der Waals surface area contributed by atoms with Crippen LogP contribution in [0.1, 0.15) is 75.3 Å². The van der Waals surface area contributed by atoms with Crippen LogP contribution >= 0.6 is 0 Å². The minimum absolute atomic E-state index is 0.111. The summed E-state index contributed by atoms with van der Waals surface area (Å²) in [5.74, 6) is -1.96. The van der Waals surface area contributed by atoms with Gasteiger partial charge >= 0.3 is 17.9 Å². The summed E-state index contributed by atoms with van der Waals surface area (Å²) in [6.07, 6.45) is 5.24. The molecule has 2 bridgehead atoms. The monoisotopic (exact) mass is 873 g/mol. The quantitative estimate of drug-likeness (QED) is 0.129. The number of ether oxygens (including phenoxy) is 4. The van der Waals surface area contributed by atoms with E-state index in [-0.39, 0.29) is 23.3 Å². The van der Waals surface area contributed by atoms with Crippen LogP contribution in [0.3, 0.4) is 0 Å². The molecule has 1 aliphatic carbocycles. The first-order chi connectivity index (χ1) is 29.5. The summed E-state index contributed by atoms with van der Waals surface area (Å²) in [5, 5.41) is 26.0. The Hall–Kier alpha value is -4.32. The highest BCUT2D eigenvalue weighted by molar-refractivity contribution is 7.79. The number of aromatic amines is 1. The largest absolute Gasteiger partial charge is 0.768 e. The third kappa shape index (κ3) is 5.65. The molecule has 0 amide bonds. The highest BCUT2D eigenvalue weighted by atomic mass is 32.2. The maximum atomic E-state index is 15.4. The van der Waals surface area contributed by atoms with Crippen molar-refractivity contribution in [1.29, 1.82) is 0 Å². The van der Waals surface area contributed by atoms with Crippen LogP contribution in [0.4, 0.5) is 5.69 Å². The lowest BCUT2D eigenvalue weighted by Gasteiger charge is -2.63. The minimum atomic E-state index is -2.52. The zero-order valence-electron chi connectivity index (χ0n) is 36.4. The summed E-state index contributed by atoms with van der Waals surface area (Å²) >= 11 is -2.52. The molecular formula is C46H57N4O11S-. The normalized spacial score (nSPS) is 36.3. The maximum Gasteiger partial charge on any atom is 0.344 e. The zero-order chi connectivity index (χ0) is 44.3. The third-order valence-corrected chi connectivity index (χ3v) is 16.5. The van der Waals surface area contributed by atoms with E-state index in [4.69, 9.17) is 18.9 Å². The second kappa shape index (κ2) is 14.9. The number of nitrogens with one attached hydrogen (secondary N) is 1. The molecule has 3 aromatic rings. The van der Waals surface area contributed by atoms with Crippen molar-refractivity contribution in [2.45, 2.75) is 104 Å². The van der Waals surface area contributed by atoms with Gasteiger partial charge in [-0.15, -0.1) is 0 Å². The van der Waals surface area contributed by atoms with Gasteiger partial charge in [0, 0.05) is 95.8 Å². The Kier molecular flexibility index (Phi) is 10.3. The van der Waals surface area contributed by atoms with Crippen molar-refractivity contribution in [2.24, 2.45) is 11.3 Å². The molecule has 9 rings (SSSR count). The molecule has 3 N–H and O–H groups in total. The fourth-order valence-electron chi connectivity index (χ4n) is 13.6. The van der Waals surface area contributed by atoms with Crippen LogP contribution in [0.25, 0.3) is 10.9 Å². The van der Waals surface area contributed by atoms with E-state index in [0.29, 0.717) is 98.4 Å². The van der Waals surface area contributed by atoms with Crippen molar-refractivity contribution in [2.75, 3.05) is 66.0 Å². The fourth-order valence-corrected chi connectivity index (χ4v) is 14.0. The number of methoxy groups -OCH3 is 3. The number of piperidine rings is 1. The van der Waals surface area contributed by atoms with Gasteiger partial charge in [0.25, 0.3) is 0 Å². The van der Waals surface area contributed by atoms with Gasteiger partial charge in [0.15, 0.2) is 6.10 Å². The van der Waals surface area contributed by atoms with Crippen LogP contribution < -0.4 is 9.64 Å². The van der Waals surface area contributed by atoms with Crippen molar-refractivity contribution >= 4 is 45.6 Å². The van der Waals surface area contributed by atoms with E-state index in [2.05, 4.69) is 14.8 Å². The van der Waals surface area contributed by atoms with E-state index < -0.39 is 68.6 Å². The first-order valence-corrected chi connectivity index (χ1v) is 22.7. The van der Waals surface area contributed by atoms with E-state index in [1.165, 1.54) is 27.2 Å². The summed E-state index contributed by atoms with van der Waals surface area (Å²) in [6, 6.07) is 7.43. The average Bonchev–Trinajstić information content (AvgIpc) is 3.92. The predicted octanol–water partition coefficient (Wildman–Crippen LogP) is 3.23. The highest BCUT2D eigenvalue weighted by Crippen LogP contribution is 2.68. The molecule has 11 atom stereocenters. The lowest BCUT2D eigenvalue weighted by atomic mass is 9.47. The van der Waals surface area contributed by atoms with E-state index in [0.717, 1.165) is 11.1 Å². The number of carbonyl (C=O) groups excluding carboxylic acids is 3. The van der Waals surface area contributed by atoms with Crippen molar-refractivity contribution in [3.8, 4) is 5.75 Å². The highest BCUT2D eigenvalue weighted by Gasteiger charge is 2.80. The van der Waals surface area contributed by atoms with Gasteiger partial charge in [-0.1, -0.05) is 26.0 Å². The molecule has 1 saturated carbocycles. The number of esters is 3. The number of H-pyrrole nitrogens is 1. The van der Waals surface area contributed by atoms with Gasteiger partial charge < -0.3 is 43.6 Å². The van der Waals surface area contributed by atoms with Crippen LogP contribution in [0, 0.1) is 11.3 Å². The van der Waals surface area contributed by atoms with Crippen LogP contribution in [0.2, 0.25) is 0 Å². The summed E-state index contributed by atoms with van der Waals surface area (Å²) in [4.78, 5) is 53.1. The molecule has 3 unspecified atom stereocenters. The van der Waals surface area contributed by atoms with Gasteiger partial charge in [-0.2, -0.15) is 0 Å². The Bertz CT molecular complexity index is 2420. The third-order valence-electron chi connectivity index (χ3n) is 15.9. The Morgan fingerprint density at radius 1 is 0.984 bits per heavy atom. The molecule has 2 saturated heterocycles. The molecule has 6 aliphatic rings. The Balaban J connectivity index is 1.37. The molecule has 5 aliphatic heterocycles. The molecule has 62 heavy (non-hydrogen) atoms. The predicted molar refractivity (Wildman–Crippen MR) is 228 cm³/mol. The van der Waals surface area contributed by atoms with E-state index in [9.17, 15) is 28.6 Å². The van der Waals surface area contributed by atoms with Crippen LogP contribution in [0.15, 0.2) is 47.4 Å². The summed E-state index contributed by atoms with van der Waals surface area (Å²) in [5.41, 5.74) is -3.05. The van der Waals surface area contributed by atoms with Crippen LogP contribution in [0.5, 0.6) is 5.75 Å². The molecule has 334 valence electrons. The second-order valence-corrected chi connectivity index (χ2v) is 19.5. The first kappa shape index (κ1) is 43.0. The minimum Gasteiger partial charge on any atom is -0.768 e. The molecular weight excluding hydrogens is 817 g/mol. The topological polar surface area (TPSA) is 194 Å². The summed E-state index contributed by atoms with van der Waals surface area (Å²) in [6.45, 7) is 8.06. The Morgan fingerprint density at radius 3 is 2.40 bits per heavy atom. The summed E-state index contributed by atoms with van der Waals surface area (Å²) < 4.78 is 48.6. The lowest BCUT2D eigenvalue weighted by Crippen LogP contribution is -2.81. The van der Waals surface area contributed by atoms with Gasteiger partial charge in [-0.05, 0) is 97.5 Å². The number of nitrogens with zero attached hydrogens (tertiary/aromatic N) is 3. The smallest absolute Gasteiger partial charge is 0.344 e. The molecule has 16 heteroatoms. The van der Waals surface area contributed by atoms with Gasteiger partial charge in [0.1, 0.15) is 11.2 Å². The number of hydrogen-bond donors (Lipinski definition) is 3. The Labute approximate surface area is 364 Å². The second-order valence-electron chi connectivity index (χ2n) is 18.6. The number of aliphatic hydroxyl groups is 2. The molecule has 1 spiro atoms. The Morgan fingerprint density at radius 2 is 1.74 bits per heavy atom. The van der Waals surface area contributed by atoms with E-state index in [1.807, 2.05) is 50.1 Å². The molecule has 6 heterocycles. The van der Waals surface area contributed by atoms with Gasteiger partial charge in [0.2, 0.25) is 5.60 Å². The van der Waals surface area contributed by atoms with Crippen LogP contribution in [-0.2, 0) is 56.9 Å². The number of rotatable bonds is 8. The van der Waals surface area contributed by atoms with Gasteiger partial charge in [0.05, 0.1) is 33.0 Å². The number of anilines is 1. The summed E-state index contributed by atoms with van der Waals surface area (Å²) in [7, 11) is 5.95. The zero-order valence-corrected chi connectivity index (χ0v) is 37.3. The number of fused-ring (bicyclic) bond motifs is 6. The van der Waals surface area contributed by atoms with Crippen molar-refractivity contribution in [3.05, 3.63) is 64.9 Å². The number of likely N-dealkylation sites (N-methyl/N-ethyl adjacent to an activating group) is 1. The number of benzene rings is 2. The number of carbonyl (C=O) groups is 3. The SMILES string of the molecule is CC[C@]1(O)C[C@H]2CN(CCc3c([nH]c4ccc(S(=O)[O-])cc34)[C@@](C(=O)OC)(c3cc4c(cc3OC)N(C)C3[C@]45CCN4CC=C[C@@](CC)([C@@H](OC(C)=O)[C@]3(O)C(=O)OC)[C@H]45)C2)C1. The van der Waals surface area contributed by atoms with Crippen molar-refractivity contribution < 1.29 is 52.3 Å². The molecule has 3 fully saturated rings. The standard InChI is InChI=1S/C46H58N4O11S/c1-8-42(54)22-27-23-45(40(52)59-6,36-29(13-17-49(24-27)25-42)30-19-28(62(56)57)11-12-33(30)47-36)32-20-31-34(21-35(32)58-5)48(4)38-44(31)15-18-50-16-10-14-43(9-2,37(44)50)39(61-26(3)51)46(38,55)41(53)60-7/h10-12,14,19-21,27,37-39,47,54-55H,8-9,13,15-18,22-25H2,1-7H3,(H,56,57)/p-1/t27-,37+,38?,39-,42+,43-,44-,45+,46+/m1/s1. The van der Waals surface area contributed by atoms with Crippen molar-refractivity contribution in [1.82, 2.24) is 14.8 Å². The van der Waals surface area contributed by atoms with E-state index in [1.54, 1.807) is 19.2 Å². The molecule has 2 aromatic carbocycles. The molecule has 15 nitrogen and oxygen atoms in total. The van der Waals surface area contributed by atoms with Crippen molar-refractivity contribution in [3.63, 3.8) is 0 Å². The number of hydrogen-bond acceptors (Lipinski definition) is 14. The fraction of sp³-hybridized carbons (Fsp3) is 0.587. The molecule has 1 aromatic heterocycles. The average molecular weight is 874 g/mol. The maximum absolute atomic E-state index is 15.4. The van der Waals surface area contributed by atoms with E-state index >= 15 is 4.79 Å². The number of aromatic nitrogens is 1. The lowest BCUT2D eigenvalue weighted by molar-refractivity contribution is -0.228. The van der Waals surface area contributed by atoms with Crippen LogP contribution in [-0.4, -0.2) is 142 Å².